The molecule has 5 nitrogen and oxygen atoms in total. The summed E-state index contributed by atoms with van der Waals surface area (Å²) >= 11 is 0. The normalized spacial score (nSPS) is 27.0. The molecule has 5 atom stereocenters. The van der Waals surface area contributed by atoms with Crippen LogP contribution >= 0.6 is 0 Å². The second-order valence-electron chi connectivity index (χ2n) is 7.76. The lowest BCUT2D eigenvalue weighted by atomic mass is 9.88. The van der Waals surface area contributed by atoms with Gasteiger partial charge in [-0.25, -0.2) is 0 Å². The van der Waals surface area contributed by atoms with Crippen LogP contribution in [0.5, 0.6) is 0 Å². The zero-order chi connectivity index (χ0) is 20.1. The Hall–Kier alpha value is -1.17. The Labute approximate surface area is 163 Å². The largest absolute Gasteiger partial charge is 0.481 e. The lowest BCUT2D eigenvalue weighted by molar-refractivity contribution is -0.137. The maximum Gasteiger partial charge on any atom is 0.303 e. The van der Waals surface area contributed by atoms with E-state index in [1.165, 1.54) is 0 Å². The summed E-state index contributed by atoms with van der Waals surface area (Å²) in [6, 6.07) is 0. The van der Waals surface area contributed by atoms with Gasteiger partial charge in [-0.15, -0.1) is 0 Å². The Morgan fingerprint density at radius 2 is 1.85 bits per heavy atom. The molecule has 0 unspecified atom stereocenters. The lowest BCUT2D eigenvalue weighted by Crippen LogP contribution is -2.21. The van der Waals surface area contributed by atoms with Gasteiger partial charge in [0.1, 0.15) is 0 Å². The molecular formula is C22H38O5. The molecule has 0 aromatic heterocycles. The van der Waals surface area contributed by atoms with Gasteiger partial charge in [0.05, 0.1) is 18.3 Å². The van der Waals surface area contributed by atoms with Crippen molar-refractivity contribution in [3.05, 3.63) is 24.3 Å². The average molecular weight is 383 g/mol. The van der Waals surface area contributed by atoms with E-state index in [0.29, 0.717) is 19.3 Å². The van der Waals surface area contributed by atoms with Crippen molar-refractivity contribution in [3.8, 4) is 0 Å². The van der Waals surface area contributed by atoms with Gasteiger partial charge in [0, 0.05) is 18.8 Å². The van der Waals surface area contributed by atoms with E-state index in [1.54, 1.807) is 6.08 Å². The quantitative estimate of drug-likeness (QED) is 0.270. The molecule has 1 fully saturated rings. The van der Waals surface area contributed by atoms with E-state index in [1.807, 2.05) is 18.2 Å². The minimum atomic E-state index is -0.743. The van der Waals surface area contributed by atoms with Crippen LogP contribution in [-0.2, 0) is 4.79 Å². The Morgan fingerprint density at radius 3 is 2.56 bits per heavy atom. The van der Waals surface area contributed by atoms with Crippen LogP contribution in [-0.4, -0.2) is 44.7 Å². The Bertz CT molecular complexity index is 460. The Balaban J connectivity index is 2.30. The van der Waals surface area contributed by atoms with Gasteiger partial charge in [0.25, 0.3) is 0 Å². The Kier molecular flexibility index (Phi) is 12.3. The molecule has 0 saturated heterocycles. The van der Waals surface area contributed by atoms with Crippen molar-refractivity contribution in [1.29, 1.82) is 0 Å². The van der Waals surface area contributed by atoms with Gasteiger partial charge in [-0.3, -0.25) is 4.79 Å². The van der Waals surface area contributed by atoms with E-state index in [9.17, 15) is 20.1 Å². The van der Waals surface area contributed by atoms with Gasteiger partial charge in [0.2, 0.25) is 0 Å². The van der Waals surface area contributed by atoms with Crippen molar-refractivity contribution in [1.82, 2.24) is 0 Å². The molecule has 0 bridgehead atoms. The summed E-state index contributed by atoms with van der Waals surface area (Å²) in [5, 5.41) is 39.1. The molecule has 156 valence electrons. The summed E-state index contributed by atoms with van der Waals surface area (Å²) in [4.78, 5) is 10.4. The van der Waals surface area contributed by atoms with Crippen LogP contribution in [0.3, 0.4) is 0 Å². The summed E-state index contributed by atoms with van der Waals surface area (Å²) in [7, 11) is 0. The zero-order valence-electron chi connectivity index (χ0n) is 16.7. The highest BCUT2D eigenvalue weighted by molar-refractivity contribution is 5.66. The SMILES string of the molecule is CCCCC[C@H]1[C@H](/C=C/[C@H](O)C/C=C\CCCCCC(=O)O)[C@H](O)C[C@@H]1O. The van der Waals surface area contributed by atoms with Crippen LogP contribution in [0.2, 0.25) is 0 Å². The molecule has 0 heterocycles. The predicted octanol–water partition coefficient (Wildman–Crippen LogP) is 3.82. The number of hydrogen-bond donors (Lipinski definition) is 4. The third-order valence-corrected chi connectivity index (χ3v) is 5.42. The molecule has 1 rings (SSSR count). The minimum Gasteiger partial charge on any atom is -0.481 e. The van der Waals surface area contributed by atoms with Crippen molar-refractivity contribution in [2.24, 2.45) is 11.8 Å². The number of allylic oxidation sites excluding steroid dienone is 1. The summed E-state index contributed by atoms with van der Waals surface area (Å²) in [6.45, 7) is 2.15. The number of aliphatic hydroxyl groups is 3. The Morgan fingerprint density at radius 1 is 1.07 bits per heavy atom. The van der Waals surface area contributed by atoms with Crippen molar-refractivity contribution in [2.75, 3.05) is 0 Å². The molecular weight excluding hydrogens is 344 g/mol. The summed E-state index contributed by atoms with van der Waals surface area (Å²) in [5.74, 6) is -0.742. The van der Waals surface area contributed by atoms with E-state index in [2.05, 4.69) is 6.92 Å². The van der Waals surface area contributed by atoms with Crippen molar-refractivity contribution >= 4 is 5.97 Å². The molecule has 0 aliphatic heterocycles. The highest BCUT2D eigenvalue weighted by Gasteiger charge is 2.39. The number of carboxylic acids is 1. The fraction of sp³-hybridized carbons (Fsp3) is 0.773. The molecule has 0 aromatic carbocycles. The smallest absolute Gasteiger partial charge is 0.303 e. The first-order valence-corrected chi connectivity index (χ1v) is 10.5. The van der Waals surface area contributed by atoms with Gasteiger partial charge in [-0.1, -0.05) is 56.9 Å². The standard InChI is InChI=1S/C22H38O5/c1-2-3-8-12-18-19(21(25)16-20(18)24)15-14-17(23)11-9-6-4-5-7-10-13-22(26)27/h6,9,14-15,17-21,23-25H,2-5,7-8,10-13,16H2,1H3,(H,26,27)/b9-6-,15-14+/t17-,18+,19+,20+,21-/m1/s1. The number of unbranched alkanes of at least 4 members (excludes halogenated alkanes) is 5. The second-order valence-corrected chi connectivity index (χ2v) is 7.76. The zero-order valence-corrected chi connectivity index (χ0v) is 16.7. The fourth-order valence-corrected chi connectivity index (χ4v) is 3.81. The molecule has 1 aliphatic carbocycles. The van der Waals surface area contributed by atoms with E-state index in [0.717, 1.165) is 44.9 Å². The molecule has 0 radical (unpaired) electrons. The highest BCUT2D eigenvalue weighted by Crippen LogP contribution is 2.37. The number of carbonyl (C=O) groups is 1. The topological polar surface area (TPSA) is 98.0 Å². The summed E-state index contributed by atoms with van der Waals surface area (Å²) in [5.41, 5.74) is 0. The van der Waals surface area contributed by atoms with E-state index < -0.39 is 24.3 Å². The molecule has 0 spiro atoms. The average Bonchev–Trinajstić information content (AvgIpc) is 2.88. The highest BCUT2D eigenvalue weighted by atomic mass is 16.4. The van der Waals surface area contributed by atoms with Crippen molar-refractivity contribution in [2.45, 2.75) is 95.9 Å². The van der Waals surface area contributed by atoms with E-state index in [-0.39, 0.29) is 18.3 Å². The van der Waals surface area contributed by atoms with Crippen LogP contribution in [0, 0.1) is 11.8 Å². The molecule has 4 N–H and O–H groups in total. The van der Waals surface area contributed by atoms with Crippen molar-refractivity contribution < 1.29 is 25.2 Å². The molecule has 27 heavy (non-hydrogen) atoms. The van der Waals surface area contributed by atoms with Crippen molar-refractivity contribution in [3.63, 3.8) is 0 Å². The third kappa shape index (κ3) is 10.1. The first kappa shape index (κ1) is 23.9. The number of rotatable bonds is 14. The summed E-state index contributed by atoms with van der Waals surface area (Å²) < 4.78 is 0. The minimum absolute atomic E-state index is 0.0790. The van der Waals surface area contributed by atoms with Crippen LogP contribution in [0.4, 0.5) is 0 Å². The van der Waals surface area contributed by atoms with Crippen LogP contribution in [0.15, 0.2) is 24.3 Å². The second kappa shape index (κ2) is 13.9. The van der Waals surface area contributed by atoms with Crippen LogP contribution in [0.25, 0.3) is 0 Å². The lowest BCUT2D eigenvalue weighted by Gasteiger charge is -2.21. The first-order valence-electron chi connectivity index (χ1n) is 10.5. The molecule has 5 heteroatoms. The fourth-order valence-electron chi connectivity index (χ4n) is 3.81. The van der Waals surface area contributed by atoms with E-state index in [4.69, 9.17) is 5.11 Å². The number of hydrogen-bond acceptors (Lipinski definition) is 4. The van der Waals surface area contributed by atoms with Gasteiger partial charge < -0.3 is 20.4 Å². The van der Waals surface area contributed by atoms with E-state index >= 15 is 0 Å². The molecule has 1 aliphatic rings. The maximum absolute atomic E-state index is 10.4. The van der Waals surface area contributed by atoms with Gasteiger partial charge >= 0.3 is 5.97 Å². The first-order chi connectivity index (χ1) is 13.0. The number of aliphatic hydroxyl groups excluding tert-OH is 3. The van der Waals surface area contributed by atoms with Crippen LogP contribution in [0.1, 0.15) is 77.6 Å². The molecule has 1 saturated carbocycles. The van der Waals surface area contributed by atoms with Gasteiger partial charge in [0.15, 0.2) is 0 Å². The third-order valence-electron chi connectivity index (χ3n) is 5.42. The predicted molar refractivity (Wildman–Crippen MR) is 107 cm³/mol. The number of carboxylic acid groups (broad SMARTS) is 1. The monoisotopic (exact) mass is 382 g/mol. The summed E-state index contributed by atoms with van der Waals surface area (Å²) in [6.07, 6.45) is 14.9. The molecule has 0 amide bonds. The van der Waals surface area contributed by atoms with Gasteiger partial charge in [-0.05, 0) is 38.0 Å². The maximum atomic E-state index is 10.4. The molecule has 0 aromatic rings. The number of aliphatic carboxylic acids is 1. The van der Waals surface area contributed by atoms with Crippen LogP contribution < -0.4 is 0 Å². The van der Waals surface area contributed by atoms with Gasteiger partial charge in [-0.2, -0.15) is 0 Å².